The number of sulfonamides is 1. The van der Waals surface area contributed by atoms with Crippen LogP contribution in [-0.4, -0.2) is 82.4 Å². The van der Waals surface area contributed by atoms with Crippen LogP contribution in [0, 0.1) is 0 Å². The Morgan fingerprint density at radius 3 is 2.24 bits per heavy atom. The topological polar surface area (TPSA) is 122 Å². The minimum absolute atomic E-state index is 0.0317. The van der Waals surface area contributed by atoms with Crippen molar-refractivity contribution in [2.24, 2.45) is 0 Å². The van der Waals surface area contributed by atoms with Gasteiger partial charge in [0.1, 0.15) is 6.54 Å². The molecule has 0 aliphatic heterocycles. The van der Waals surface area contributed by atoms with Gasteiger partial charge in [-0.3, -0.25) is 14.4 Å². The third kappa shape index (κ3) is 7.80. The average Bonchev–Trinajstić information content (AvgIpc) is 2.65. The zero-order valence-corrected chi connectivity index (χ0v) is 17.8. The summed E-state index contributed by atoms with van der Waals surface area (Å²) < 4.78 is 36.1. The summed E-state index contributed by atoms with van der Waals surface area (Å²) in [5.74, 6) is -1.42. The van der Waals surface area contributed by atoms with Gasteiger partial charge in [-0.1, -0.05) is 0 Å². The Bertz CT molecular complexity index is 809. The molecule has 1 N–H and O–H groups in total. The summed E-state index contributed by atoms with van der Waals surface area (Å²) in [5.41, 5.74) is 0.454. The number of anilines is 1. The van der Waals surface area contributed by atoms with Crippen molar-refractivity contribution in [1.29, 1.82) is 0 Å². The van der Waals surface area contributed by atoms with Crippen molar-refractivity contribution >= 4 is 33.5 Å². The molecule has 2 amide bonds. The summed E-state index contributed by atoms with van der Waals surface area (Å²) in [6.45, 7) is 2.72. The number of carbonyl (C=O) groups is 3. The van der Waals surface area contributed by atoms with Crippen LogP contribution >= 0.6 is 0 Å². The number of benzene rings is 1. The van der Waals surface area contributed by atoms with Gasteiger partial charge in [-0.2, -0.15) is 4.31 Å². The summed E-state index contributed by atoms with van der Waals surface area (Å²) >= 11 is 0. The number of amides is 2. The number of carbonyl (C=O) groups excluding carboxylic acids is 3. The van der Waals surface area contributed by atoms with E-state index in [1.54, 1.807) is 6.92 Å². The number of esters is 1. The summed E-state index contributed by atoms with van der Waals surface area (Å²) in [6, 6.07) is 5.58. The van der Waals surface area contributed by atoms with Gasteiger partial charge in [0.15, 0.2) is 0 Å². The number of methoxy groups -OCH3 is 1. The molecule has 0 unspecified atom stereocenters. The molecule has 0 saturated heterocycles. The first-order chi connectivity index (χ1) is 13.6. The molecule has 0 spiro atoms. The van der Waals surface area contributed by atoms with Gasteiger partial charge in [-0.15, -0.1) is 0 Å². The van der Waals surface area contributed by atoms with Crippen molar-refractivity contribution in [2.75, 3.05) is 52.3 Å². The van der Waals surface area contributed by atoms with Crippen LogP contribution in [-0.2, 0) is 33.9 Å². The SMILES string of the molecule is CCOC(=O)CN(CCOC)C(=O)CN(C)S(=O)(=O)c1ccc(NC(C)=O)cc1. The Labute approximate surface area is 170 Å². The third-order valence-corrected chi connectivity index (χ3v) is 5.60. The van der Waals surface area contributed by atoms with Gasteiger partial charge < -0.3 is 19.7 Å². The van der Waals surface area contributed by atoms with E-state index in [0.29, 0.717) is 5.69 Å². The molecule has 0 atom stereocenters. The van der Waals surface area contributed by atoms with E-state index in [9.17, 15) is 22.8 Å². The van der Waals surface area contributed by atoms with Crippen LogP contribution < -0.4 is 5.32 Å². The van der Waals surface area contributed by atoms with E-state index in [-0.39, 0.29) is 37.1 Å². The second-order valence-electron chi connectivity index (χ2n) is 6.08. The molecule has 1 rings (SSSR count). The van der Waals surface area contributed by atoms with E-state index in [1.807, 2.05) is 0 Å². The Hall–Kier alpha value is -2.50. The maximum atomic E-state index is 12.7. The van der Waals surface area contributed by atoms with Gasteiger partial charge in [-0.25, -0.2) is 8.42 Å². The predicted octanol–water partition coefficient (Wildman–Crippen LogP) is 0.304. The maximum Gasteiger partial charge on any atom is 0.325 e. The molecule has 0 aliphatic rings. The van der Waals surface area contributed by atoms with Crippen LogP contribution in [0.3, 0.4) is 0 Å². The van der Waals surface area contributed by atoms with E-state index in [1.165, 1.54) is 50.2 Å². The van der Waals surface area contributed by atoms with Crippen molar-refractivity contribution in [3.05, 3.63) is 24.3 Å². The van der Waals surface area contributed by atoms with Crippen molar-refractivity contribution in [3.63, 3.8) is 0 Å². The van der Waals surface area contributed by atoms with E-state index >= 15 is 0 Å². The van der Waals surface area contributed by atoms with Gasteiger partial charge >= 0.3 is 5.97 Å². The number of nitrogens with zero attached hydrogens (tertiary/aromatic N) is 2. The van der Waals surface area contributed by atoms with E-state index in [2.05, 4.69) is 5.32 Å². The van der Waals surface area contributed by atoms with Gasteiger partial charge in [0, 0.05) is 33.3 Å². The summed E-state index contributed by atoms with van der Waals surface area (Å²) in [5, 5.41) is 2.54. The van der Waals surface area contributed by atoms with Crippen LogP contribution in [0.25, 0.3) is 0 Å². The monoisotopic (exact) mass is 429 g/mol. The van der Waals surface area contributed by atoms with Crippen LogP contribution in [0.4, 0.5) is 5.69 Å². The molecule has 162 valence electrons. The molecule has 0 bridgehead atoms. The minimum atomic E-state index is -3.95. The third-order valence-electron chi connectivity index (χ3n) is 3.78. The summed E-state index contributed by atoms with van der Waals surface area (Å²) in [7, 11) is -1.22. The number of hydrogen-bond acceptors (Lipinski definition) is 7. The zero-order valence-electron chi connectivity index (χ0n) is 17.0. The molecule has 0 saturated carbocycles. The summed E-state index contributed by atoms with van der Waals surface area (Å²) in [6.07, 6.45) is 0. The van der Waals surface area contributed by atoms with Crippen LogP contribution in [0.5, 0.6) is 0 Å². The standard InChI is InChI=1S/C18H27N3O7S/c1-5-28-18(24)13-21(10-11-27-4)17(23)12-20(3)29(25,26)16-8-6-15(7-9-16)19-14(2)22/h6-9H,5,10-13H2,1-4H3,(H,19,22). The van der Waals surface area contributed by atoms with E-state index in [4.69, 9.17) is 9.47 Å². The molecule has 29 heavy (non-hydrogen) atoms. The first-order valence-electron chi connectivity index (χ1n) is 8.88. The molecule has 1 aromatic rings. The molecule has 11 heteroatoms. The molecular formula is C18H27N3O7S. The van der Waals surface area contributed by atoms with Gasteiger partial charge in [0.05, 0.1) is 24.7 Å². The molecule has 0 radical (unpaired) electrons. The van der Waals surface area contributed by atoms with Crippen LogP contribution in [0.2, 0.25) is 0 Å². The second kappa shape index (κ2) is 11.5. The second-order valence-corrected chi connectivity index (χ2v) is 8.12. The van der Waals surface area contributed by atoms with E-state index in [0.717, 1.165) is 4.31 Å². The summed E-state index contributed by atoms with van der Waals surface area (Å²) in [4.78, 5) is 36.5. The van der Waals surface area contributed by atoms with Crippen LogP contribution in [0.15, 0.2) is 29.2 Å². The molecule has 1 aromatic carbocycles. The number of likely N-dealkylation sites (N-methyl/N-ethyl adjacent to an activating group) is 1. The molecular weight excluding hydrogens is 402 g/mol. The zero-order chi connectivity index (χ0) is 22.0. The fraction of sp³-hybridized carbons (Fsp3) is 0.500. The lowest BCUT2D eigenvalue weighted by molar-refractivity contribution is -0.149. The first-order valence-corrected chi connectivity index (χ1v) is 10.3. The lowest BCUT2D eigenvalue weighted by Gasteiger charge is -2.24. The number of rotatable bonds is 11. The Morgan fingerprint density at radius 2 is 1.72 bits per heavy atom. The molecule has 0 aromatic heterocycles. The molecule has 0 aliphatic carbocycles. The Morgan fingerprint density at radius 1 is 1.10 bits per heavy atom. The lowest BCUT2D eigenvalue weighted by Crippen LogP contribution is -2.44. The predicted molar refractivity (Wildman–Crippen MR) is 106 cm³/mol. The first kappa shape index (κ1) is 24.5. The number of nitrogens with one attached hydrogen (secondary N) is 1. The Balaban J connectivity index is 2.88. The fourth-order valence-corrected chi connectivity index (χ4v) is 3.45. The van der Waals surface area contributed by atoms with E-state index < -0.39 is 28.4 Å². The highest BCUT2D eigenvalue weighted by Gasteiger charge is 2.26. The van der Waals surface area contributed by atoms with Gasteiger partial charge in [0.2, 0.25) is 21.8 Å². The number of hydrogen-bond donors (Lipinski definition) is 1. The van der Waals surface area contributed by atoms with Crippen LogP contribution in [0.1, 0.15) is 13.8 Å². The van der Waals surface area contributed by atoms with Crippen molar-refractivity contribution in [3.8, 4) is 0 Å². The molecule has 0 heterocycles. The highest BCUT2D eigenvalue weighted by molar-refractivity contribution is 7.89. The Kier molecular flexibility index (Phi) is 9.72. The molecule has 0 fully saturated rings. The lowest BCUT2D eigenvalue weighted by atomic mass is 10.3. The number of ether oxygens (including phenoxy) is 2. The highest BCUT2D eigenvalue weighted by Crippen LogP contribution is 2.17. The van der Waals surface area contributed by atoms with Gasteiger partial charge in [0.25, 0.3) is 0 Å². The van der Waals surface area contributed by atoms with Gasteiger partial charge in [-0.05, 0) is 31.2 Å². The normalized spacial score (nSPS) is 11.2. The molecule has 10 nitrogen and oxygen atoms in total. The van der Waals surface area contributed by atoms with Crippen molar-refractivity contribution in [1.82, 2.24) is 9.21 Å². The minimum Gasteiger partial charge on any atom is -0.465 e. The smallest absolute Gasteiger partial charge is 0.325 e. The van der Waals surface area contributed by atoms with Crippen molar-refractivity contribution < 1.29 is 32.3 Å². The quantitative estimate of drug-likeness (QED) is 0.502. The highest BCUT2D eigenvalue weighted by atomic mass is 32.2. The maximum absolute atomic E-state index is 12.7. The average molecular weight is 429 g/mol. The largest absolute Gasteiger partial charge is 0.465 e. The van der Waals surface area contributed by atoms with Crippen molar-refractivity contribution in [2.45, 2.75) is 18.7 Å². The fourth-order valence-electron chi connectivity index (χ4n) is 2.32.